The molecule has 0 radical (unpaired) electrons. The van der Waals surface area contributed by atoms with Crippen molar-refractivity contribution in [2.24, 2.45) is 11.3 Å². The first-order valence-corrected chi connectivity index (χ1v) is 10.0. The van der Waals surface area contributed by atoms with Crippen LogP contribution in [0.15, 0.2) is 24.3 Å². The van der Waals surface area contributed by atoms with E-state index < -0.39 is 0 Å². The first kappa shape index (κ1) is 18.9. The third kappa shape index (κ3) is 4.46. The van der Waals surface area contributed by atoms with E-state index >= 15 is 0 Å². The molecule has 3 rings (SSSR count). The van der Waals surface area contributed by atoms with Gasteiger partial charge in [0.25, 0.3) is 5.91 Å². The number of carbonyl (C=O) groups is 2. The second-order valence-corrected chi connectivity index (χ2v) is 8.96. The first-order valence-electron chi connectivity index (χ1n) is 10.0. The smallest absolute Gasteiger partial charge is 0.251 e. The van der Waals surface area contributed by atoms with Gasteiger partial charge in [-0.3, -0.25) is 9.59 Å². The van der Waals surface area contributed by atoms with Crippen LogP contribution in [-0.4, -0.2) is 29.3 Å². The summed E-state index contributed by atoms with van der Waals surface area (Å²) in [5, 5.41) is 3.30. The number of carbonyl (C=O) groups excluding carboxylic acids is 2. The molecule has 0 bridgehead atoms. The fourth-order valence-electron chi connectivity index (χ4n) is 4.49. The summed E-state index contributed by atoms with van der Waals surface area (Å²) >= 11 is 0. The summed E-state index contributed by atoms with van der Waals surface area (Å²) in [5.41, 5.74) is 1.94. The average molecular weight is 357 g/mol. The highest BCUT2D eigenvalue weighted by molar-refractivity contribution is 5.94. The van der Waals surface area contributed by atoms with Crippen molar-refractivity contribution in [3.63, 3.8) is 0 Å². The molecule has 1 heterocycles. The molecule has 2 fully saturated rings. The van der Waals surface area contributed by atoms with Crippen LogP contribution in [0.5, 0.6) is 0 Å². The minimum Gasteiger partial charge on any atom is -0.349 e. The van der Waals surface area contributed by atoms with E-state index in [1.165, 1.54) is 19.3 Å². The second kappa shape index (κ2) is 7.81. The number of hydrogen-bond donors (Lipinski definition) is 1. The van der Waals surface area contributed by atoms with E-state index in [-0.39, 0.29) is 23.3 Å². The van der Waals surface area contributed by atoms with Crippen molar-refractivity contribution in [2.45, 2.75) is 71.9 Å². The highest BCUT2D eigenvalue weighted by Crippen LogP contribution is 2.38. The van der Waals surface area contributed by atoms with Gasteiger partial charge in [-0.25, -0.2) is 0 Å². The first-order chi connectivity index (χ1) is 12.3. The molecule has 1 aliphatic carbocycles. The maximum Gasteiger partial charge on any atom is 0.251 e. The van der Waals surface area contributed by atoms with Gasteiger partial charge in [-0.15, -0.1) is 0 Å². The molecule has 1 aliphatic heterocycles. The van der Waals surface area contributed by atoms with Gasteiger partial charge in [0.15, 0.2) is 0 Å². The standard InChI is InChI=1S/C22H32N2O2/c1-22(2,3)18-10-4-5-11-19(18)23-21(26)17-9-6-8-16(14-17)15-24-13-7-12-20(24)25/h6,8-9,14,18-19H,4-5,7,10-13,15H2,1-3H3,(H,23,26). The van der Waals surface area contributed by atoms with Crippen LogP contribution in [0.4, 0.5) is 0 Å². The Morgan fingerprint density at radius 2 is 1.96 bits per heavy atom. The Labute approximate surface area is 157 Å². The molecule has 2 amide bonds. The van der Waals surface area contributed by atoms with E-state index in [1.54, 1.807) is 0 Å². The Balaban J connectivity index is 1.67. The van der Waals surface area contributed by atoms with Crippen LogP contribution in [0.3, 0.4) is 0 Å². The molecule has 1 saturated heterocycles. The minimum atomic E-state index is 0.0146. The van der Waals surface area contributed by atoms with E-state index in [1.807, 2.05) is 29.2 Å². The fraction of sp³-hybridized carbons (Fsp3) is 0.636. The van der Waals surface area contributed by atoms with Gasteiger partial charge in [0.2, 0.25) is 5.91 Å². The zero-order chi connectivity index (χ0) is 18.7. The van der Waals surface area contributed by atoms with Crippen molar-refractivity contribution in [3.8, 4) is 0 Å². The lowest BCUT2D eigenvalue weighted by Gasteiger charge is -2.40. The van der Waals surface area contributed by atoms with Crippen molar-refractivity contribution in [2.75, 3.05) is 6.54 Å². The van der Waals surface area contributed by atoms with Crippen molar-refractivity contribution in [1.29, 1.82) is 0 Å². The summed E-state index contributed by atoms with van der Waals surface area (Å²) < 4.78 is 0. The zero-order valence-electron chi connectivity index (χ0n) is 16.4. The lowest BCUT2D eigenvalue weighted by Crippen LogP contribution is -2.46. The fourth-order valence-corrected chi connectivity index (χ4v) is 4.49. The molecule has 2 atom stereocenters. The predicted molar refractivity (Wildman–Crippen MR) is 104 cm³/mol. The van der Waals surface area contributed by atoms with Crippen LogP contribution in [0.2, 0.25) is 0 Å². The van der Waals surface area contributed by atoms with Crippen molar-refractivity contribution in [1.82, 2.24) is 10.2 Å². The molecular weight excluding hydrogens is 324 g/mol. The number of likely N-dealkylation sites (tertiary alicyclic amines) is 1. The van der Waals surface area contributed by atoms with Crippen molar-refractivity contribution < 1.29 is 9.59 Å². The summed E-state index contributed by atoms with van der Waals surface area (Å²) in [4.78, 5) is 26.6. The molecule has 1 aromatic carbocycles. The summed E-state index contributed by atoms with van der Waals surface area (Å²) in [6.07, 6.45) is 6.29. The largest absolute Gasteiger partial charge is 0.349 e. The number of amides is 2. The predicted octanol–water partition coefficient (Wildman–Crippen LogP) is 4.14. The Morgan fingerprint density at radius 3 is 2.65 bits per heavy atom. The van der Waals surface area contributed by atoms with E-state index in [0.717, 1.165) is 24.9 Å². The highest BCUT2D eigenvalue weighted by Gasteiger charge is 2.35. The lowest BCUT2D eigenvalue weighted by molar-refractivity contribution is -0.128. The quantitative estimate of drug-likeness (QED) is 0.881. The van der Waals surface area contributed by atoms with E-state index in [9.17, 15) is 9.59 Å². The monoisotopic (exact) mass is 356 g/mol. The van der Waals surface area contributed by atoms with Crippen molar-refractivity contribution >= 4 is 11.8 Å². The number of benzene rings is 1. The van der Waals surface area contributed by atoms with Gasteiger partial charge in [-0.1, -0.05) is 45.7 Å². The number of nitrogens with one attached hydrogen (secondary N) is 1. The SMILES string of the molecule is CC(C)(C)C1CCCCC1NC(=O)c1cccc(CN2CCCC2=O)c1. The van der Waals surface area contributed by atoms with Crippen LogP contribution < -0.4 is 5.32 Å². The third-order valence-corrected chi connectivity index (χ3v) is 5.93. The molecule has 4 nitrogen and oxygen atoms in total. The third-order valence-electron chi connectivity index (χ3n) is 5.93. The van der Waals surface area contributed by atoms with E-state index in [0.29, 0.717) is 24.4 Å². The Hall–Kier alpha value is -1.84. The van der Waals surface area contributed by atoms with Gasteiger partial charge in [0, 0.05) is 31.1 Å². The minimum absolute atomic E-state index is 0.0146. The average Bonchev–Trinajstić information content (AvgIpc) is 2.99. The van der Waals surface area contributed by atoms with Gasteiger partial charge < -0.3 is 10.2 Å². The molecule has 0 spiro atoms. The molecular formula is C22H32N2O2. The molecule has 4 heteroatoms. The summed E-state index contributed by atoms with van der Waals surface area (Å²) in [5.74, 6) is 0.751. The van der Waals surface area contributed by atoms with Crippen LogP contribution in [0.25, 0.3) is 0 Å². The van der Waals surface area contributed by atoms with E-state index in [4.69, 9.17) is 0 Å². The van der Waals surface area contributed by atoms with Crippen LogP contribution in [-0.2, 0) is 11.3 Å². The number of hydrogen-bond acceptors (Lipinski definition) is 2. The second-order valence-electron chi connectivity index (χ2n) is 8.96. The summed E-state index contributed by atoms with van der Waals surface area (Å²) in [6, 6.07) is 7.99. The Bertz CT molecular complexity index is 662. The maximum absolute atomic E-state index is 12.8. The van der Waals surface area contributed by atoms with Crippen molar-refractivity contribution in [3.05, 3.63) is 35.4 Å². The maximum atomic E-state index is 12.8. The van der Waals surface area contributed by atoms with Crippen LogP contribution in [0, 0.1) is 11.3 Å². The number of nitrogens with zero attached hydrogens (tertiary/aromatic N) is 1. The summed E-state index contributed by atoms with van der Waals surface area (Å²) in [7, 11) is 0. The molecule has 1 aromatic rings. The van der Waals surface area contributed by atoms with Gasteiger partial charge in [-0.2, -0.15) is 0 Å². The normalized spacial score (nSPS) is 24.0. The Morgan fingerprint density at radius 1 is 1.19 bits per heavy atom. The Kier molecular flexibility index (Phi) is 5.69. The topological polar surface area (TPSA) is 49.4 Å². The molecule has 2 unspecified atom stereocenters. The van der Waals surface area contributed by atoms with Gasteiger partial charge in [-0.05, 0) is 48.3 Å². The van der Waals surface area contributed by atoms with Gasteiger partial charge in [0.05, 0.1) is 0 Å². The molecule has 0 aromatic heterocycles. The van der Waals surface area contributed by atoms with Crippen LogP contribution in [0.1, 0.15) is 75.2 Å². The van der Waals surface area contributed by atoms with E-state index in [2.05, 4.69) is 26.1 Å². The number of rotatable bonds is 4. The highest BCUT2D eigenvalue weighted by atomic mass is 16.2. The lowest BCUT2D eigenvalue weighted by atomic mass is 9.69. The molecule has 2 aliphatic rings. The molecule has 26 heavy (non-hydrogen) atoms. The van der Waals surface area contributed by atoms with Gasteiger partial charge >= 0.3 is 0 Å². The molecule has 1 saturated carbocycles. The zero-order valence-corrected chi connectivity index (χ0v) is 16.4. The van der Waals surface area contributed by atoms with Gasteiger partial charge in [0.1, 0.15) is 0 Å². The van der Waals surface area contributed by atoms with Crippen LogP contribution >= 0.6 is 0 Å². The molecule has 1 N–H and O–H groups in total. The molecule has 142 valence electrons. The summed E-state index contributed by atoms with van der Waals surface area (Å²) in [6.45, 7) is 8.25.